The average Bonchev–Trinajstić information content (AvgIpc) is 1.88. The smallest absolute Gasteiger partial charge is 0.229 e. The van der Waals surface area contributed by atoms with Crippen LogP contribution in [0, 0.1) is 0 Å². The summed E-state index contributed by atoms with van der Waals surface area (Å²) >= 11 is 5.56. The number of amides is 1. The molecule has 1 N–H and O–H groups in total. The van der Waals surface area contributed by atoms with Crippen molar-refractivity contribution in [3.05, 3.63) is 0 Å². The second-order valence-electron chi connectivity index (χ2n) is 2.08. The molecule has 1 unspecified atom stereocenters. The van der Waals surface area contributed by atoms with Crippen molar-refractivity contribution in [2.45, 2.75) is 13.0 Å². The average molecular weight is 179 g/mol. The molecule has 60 valence electrons. The van der Waals surface area contributed by atoms with Crippen LogP contribution < -0.4 is 5.32 Å². The summed E-state index contributed by atoms with van der Waals surface area (Å²) in [6, 6.07) is 0.259. The minimum Gasteiger partial charge on any atom is -0.352 e. The molecule has 1 atom stereocenters. The fourth-order valence-electron chi connectivity index (χ4n) is 0.612. The van der Waals surface area contributed by atoms with Gasteiger partial charge >= 0.3 is 0 Å². The third-order valence-corrected chi connectivity index (χ3v) is 2.09. The van der Waals surface area contributed by atoms with Gasteiger partial charge in [-0.2, -0.15) is 24.4 Å². The van der Waals surface area contributed by atoms with Gasteiger partial charge in [0.2, 0.25) is 5.91 Å². The van der Waals surface area contributed by atoms with Crippen LogP contribution in [0.3, 0.4) is 0 Å². The molecule has 2 nitrogen and oxygen atoms in total. The van der Waals surface area contributed by atoms with E-state index in [0.717, 1.165) is 5.75 Å². The van der Waals surface area contributed by atoms with Gasteiger partial charge in [-0.05, 0) is 13.2 Å². The highest BCUT2D eigenvalue weighted by molar-refractivity contribution is 7.98. The van der Waals surface area contributed by atoms with Gasteiger partial charge in [0.1, 0.15) is 0 Å². The molecular formula is C6H13NOS2. The quantitative estimate of drug-likeness (QED) is 0.625. The predicted octanol–water partition coefficient (Wildman–Crippen LogP) is 0.784. The molecule has 0 aromatic rings. The molecule has 0 heterocycles. The largest absolute Gasteiger partial charge is 0.352 e. The Morgan fingerprint density at radius 2 is 2.40 bits per heavy atom. The summed E-state index contributed by atoms with van der Waals surface area (Å²) in [6.45, 7) is 1.98. The lowest BCUT2D eigenvalue weighted by Crippen LogP contribution is -2.34. The van der Waals surface area contributed by atoms with E-state index in [2.05, 4.69) is 17.9 Å². The van der Waals surface area contributed by atoms with Gasteiger partial charge in [0, 0.05) is 11.8 Å². The van der Waals surface area contributed by atoms with Gasteiger partial charge in [0.25, 0.3) is 0 Å². The molecule has 0 radical (unpaired) electrons. The number of carbonyl (C=O) groups excluding carboxylic acids is 1. The summed E-state index contributed by atoms with van der Waals surface area (Å²) in [5, 5.41) is 2.79. The second kappa shape index (κ2) is 5.92. The van der Waals surface area contributed by atoms with Crippen LogP contribution in [0.1, 0.15) is 6.92 Å². The summed E-state index contributed by atoms with van der Waals surface area (Å²) in [5.41, 5.74) is 0. The van der Waals surface area contributed by atoms with Crippen LogP contribution in [0.2, 0.25) is 0 Å². The van der Waals surface area contributed by atoms with E-state index < -0.39 is 0 Å². The van der Waals surface area contributed by atoms with Gasteiger partial charge in [-0.15, -0.1) is 0 Å². The van der Waals surface area contributed by atoms with Gasteiger partial charge in [-0.25, -0.2) is 0 Å². The topological polar surface area (TPSA) is 29.1 Å². The highest BCUT2D eigenvalue weighted by Gasteiger charge is 2.02. The lowest BCUT2D eigenvalue weighted by Gasteiger charge is -2.10. The maximum absolute atomic E-state index is 10.7. The van der Waals surface area contributed by atoms with E-state index in [4.69, 9.17) is 0 Å². The van der Waals surface area contributed by atoms with Crippen molar-refractivity contribution >= 4 is 30.3 Å². The molecule has 0 saturated carbocycles. The zero-order chi connectivity index (χ0) is 7.98. The van der Waals surface area contributed by atoms with Crippen LogP contribution in [-0.4, -0.2) is 29.7 Å². The fraction of sp³-hybridized carbons (Fsp3) is 0.833. The minimum absolute atomic E-state index is 0.00452. The van der Waals surface area contributed by atoms with E-state index in [1.54, 1.807) is 11.8 Å². The van der Waals surface area contributed by atoms with Crippen LogP contribution in [0.25, 0.3) is 0 Å². The van der Waals surface area contributed by atoms with E-state index in [9.17, 15) is 4.79 Å². The summed E-state index contributed by atoms with van der Waals surface area (Å²) in [4.78, 5) is 10.7. The van der Waals surface area contributed by atoms with Crippen molar-refractivity contribution in [3.8, 4) is 0 Å². The second-order valence-corrected chi connectivity index (χ2v) is 3.31. The molecule has 0 aromatic carbocycles. The number of thiol groups is 1. The van der Waals surface area contributed by atoms with Crippen molar-refractivity contribution in [2.75, 3.05) is 17.8 Å². The lowest BCUT2D eigenvalue weighted by atomic mass is 10.4. The first-order valence-electron chi connectivity index (χ1n) is 3.10. The van der Waals surface area contributed by atoms with Crippen LogP contribution in [-0.2, 0) is 4.79 Å². The number of nitrogens with one attached hydrogen (secondary N) is 1. The molecule has 0 aliphatic carbocycles. The third kappa shape index (κ3) is 4.99. The molecular weight excluding hydrogens is 166 g/mol. The summed E-state index contributed by atoms with van der Waals surface area (Å²) in [5.74, 6) is 1.24. The Morgan fingerprint density at radius 3 is 2.80 bits per heavy atom. The molecule has 10 heavy (non-hydrogen) atoms. The Kier molecular flexibility index (Phi) is 6.02. The van der Waals surface area contributed by atoms with Crippen molar-refractivity contribution in [1.29, 1.82) is 0 Å². The van der Waals surface area contributed by atoms with Crippen molar-refractivity contribution in [1.82, 2.24) is 5.32 Å². The normalized spacial score (nSPS) is 12.7. The molecule has 0 spiro atoms. The summed E-state index contributed by atoms with van der Waals surface area (Å²) in [7, 11) is 0. The van der Waals surface area contributed by atoms with Gasteiger partial charge in [0.15, 0.2) is 0 Å². The van der Waals surface area contributed by atoms with Crippen molar-refractivity contribution in [2.24, 2.45) is 0 Å². The first kappa shape index (κ1) is 10.2. The molecule has 0 rings (SSSR count). The van der Waals surface area contributed by atoms with Crippen LogP contribution in [0.4, 0.5) is 0 Å². The minimum atomic E-state index is 0.00452. The first-order chi connectivity index (χ1) is 4.70. The monoisotopic (exact) mass is 179 g/mol. The van der Waals surface area contributed by atoms with Crippen LogP contribution >= 0.6 is 24.4 Å². The zero-order valence-corrected chi connectivity index (χ0v) is 7.97. The maximum Gasteiger partial charge on any atom is 0.229 e. The molecule has 0 saturated heterocycles. The first-order valence-corrected chi connectivity index (χ1v) is 5.12. The molecule has 0 aromatic heterocycles. The van der Waals surface area contributed by atoms with Gasteiger partial charge in [-0.3, -0.25) is 4.79 Å². The summed E-state index contributed by atoms with van der Waals surface area (Å²) < 4.78 is 0. The van der Waals surface area contributed by atoms with Gasteiger partial charge in [0.05, 0.1) is 5.75 Å². The Hall–Kier alpha value is 0.170. The number of hydrogen-bond donors (Lipinski definition) is 2. The number of hydrogen-bond acceptors (Lipinski definition) is 3. The molecule has 1 amide bonds. The van der Waals surface area contributed by atoms with E-state index in [0.29, 0.717) is 0 Å². The Morgan fingerprint density at radius 1 is 1.80 bits per heavy atom. The Bertz CT molecular complexity index is 108. The van der Waals surface area contributed by atoms with E-state index in [1.165, 1.54) is 0 Å². The summed E-state index contributed by atoms with van der Waals surface area (Å²) in [6.07, 6.45) is 2.02. The van der Waals surface area contributed by atoms with Gasteiger partial charge in [-0.1, -0.05) is 0 Å². The highest BCUT2D eigenvalue weighted by atomic mass is 32.2. The Balaban J connectivity index is 3.37. The number of thioether (sulfide) groups is 1. The van der Waals surface area contributed by atoms with E-state index >= 15 is 0 Å². The van der Waals surface area contributed by atoms with Gasteiger partial charge < -0.3 is 5.32 Å². The zero-order valence-electron chi connectivity index (χ0n) is 6.26. The third-order valence-electron chi connectivity index (χ3n) is 0.968. The molecule has 0 bridgehead atoms. The van der Waals surface area contributed by atoms with E-state index in [1.807, 2.05) is 13.2 Å². The van der Waals surface area contributed by atoms with Crippen LogP contribution in [0.5, 0.6) is 0 Å². The molecule has 4 heteroatoms. The number of rotatable bonds is 4. The predicted molar refractivity (Wildman–Crippen MR) is 49.8 cm³/mol. The molecule has 0 aliphatic rings. The Labute approximate surface area is 71.6 Å². The SMILES string of the molecule is CSCC(C)NC(=O)CS. The molecule has 0 fully saturated rings. The standard InChI is InChI=1S/C6H13NOS2/c1-5(4-10-2)7-6(8)3-9/h5,9H,3-4H2,1-2H3,(H,7,8). The van der Waals surface area contributed by atoms with Crippen molar-refractivity contribution < 1.29 is 4.79 Å². The van der Waals surface area contributed by atoms with Crippen LogP contribution in [0.15, 0.2) is 0 Å². The lowest BCUT2D eigenvalue weighted by molar-refractivity contribution is -0.118. The molecule has 0 aliphatic heterocycles. The number of carbonyl (C=O) groups is 1. The maximum atomic E-state index is 10.7. The van der Waals surface area contributed by atoms with E-state index in [-0.39, 0.29) is 17.7 Å². The van der Waals surface area contributed by atoms with Crippen molar-refractivity contribution in [3.63, 3.8) is 0 Å². The fourth-order valence-corrected chi connectivity index (χ4v) is 1.29. The highest BCUT2D eigenvalue weighted by Crippen LogP contribution is 1.95.